The maximum Gasteiger partial charge on any atom is 0.343 e. The first-order valence-corrected chi connectivity index (χ1v) is 7.96. The minimum atomic E-state index is -0.548. The molecule has 0 unspecified atom stereocenters. The van der Waals surface area contributed by atoms with Gasteiger partial charge in [0.05, 0.1) is 16.2 Å². The van der Waals surface area contributed by atoms with Gasteiger partial charge in [-0.2, -0.15) is 0 Å². The standard InChI is InChI=1S/C20H14N2O5/c23-19(14-10-12-16(13-11-14)22(25)26)21-17-8-4-5-9-18(17)27-20(24)15-6-2-1-3-7-15/h1-13H,(H,21,23). The highest BCUT2D eigenvalue weighted by Gasteiger charge is 2.14. The second kappa shape index (κ2) is 7.92. The number of amides is 1. The monoisotopic (exact) mass is 362 g/mol. The molecule has 0 aromatic heterocycles. The van der Waals surface area contributed by atoms with Crippen molar-refractivity contribution in [2.75, 3.05) is 5.32 Å². The summed E-state index contributed by atoms with van der Waals surface area (Å²) >= 11 is 0. The number of nitro groups is 1. The predicted molar refractivity (Wildman–Crippen MR) is 98.9 cm³/mol. The van der Waals surface area contributed by atoms with Gasteiger partial charge in [-0.05, 0) is 36.4 Å². The van der Waals surface area contributed by atoms with Crippen molar-refractivity contribution >= 4 is 23.3 Å². The minimum absolute atomic E-state index is 0.108. The van der Waals surface area contributed by atoms with Crippen LogP contribution in [0, 0.1) is 10.1 Å². The van der Waals surface area contributed by atoms with Gasteiger partial charge in [-0.1, -0.05) is 30.3 Å². The molecule has 0 heterocycles. The summed E-state index contributed by atoms with van der Waals surface area (Å²) in [5.41, 5.74) is 0.827. The van der Waals surface area contributed by atoms with Crippen LogP contribution in [0.1, 0.15) is 20.7 Å². The topological polar surface area (TPSA) is 98.5 Å². The van der Waals surface area contributed by atoms with Crippen LogP contribution in [0.15, 0.2) is 78.9 Å². The molecule has 134 valence electrons. The van der Waals surface area contributed by atoms with Crippen LogP contribution in [-0.2, 0) is 0 Å². The molecule has 0 aliphatic heterocycles. The zero-order valence-electron chi connectivity index (χ0n) is 14.0. The van der Waals surface area contributed by atoms with E-state index in [1.807, 2.05) is 0 Å². The molecular weight excluding hydrogens is 348 g/mol. The molecule has 0 radical (unpaired) electrons. The summed E-state index contributed by atoms with van der Waals surface area (Å²) in [6.45, 7) is 0. The number of hydrogen-bond donors (Lipinski definition) is 1. The molecule has 7 nitrogen and oxygen atoms in total. The van der Waals surface area contributed by atoms with Crippen LogP contribution in [0.3, 0.4) is 0 Å². The van der Waals surface area contributed by atoms with Gasteiger partial charge >= 0.3 is 5.97 Å². The zero-order valence-corrected chi connectivity index (χ0v) is 14.0. The van der Waals surface area contributed by atoms with Gasteiger partial charge in [0.25, 0.3) is 11.6 Å². The fourth-order valence-corrected chi connectivity index (χ4v) is 2.32. The van der Waals surface area contributed by atoms with Crippen LogP contribution >= 0.6 is 0 Å². The molecule has 27 heavy (non-hydrogen) atoms. The molecule has 3 aromatic carbocycles. The highest BCUT2D eigenvalue weighted by molar-refractivity contribution is 6.05. The van der Waals surface area contributed by atoms with Crippen LogP contribution in [0.5, 0.6) is 5.75 Å². The number of carbonyl (C=O) groups excluding carboxylic acids is 2. The molecule has 0 spiro atoms. The Morgan fingerprint density at radius 1 is 0.815 bits per heavy atom. The van der Waals surface area contributed by atoms with Gasteiger partial charge in [-0.3, -0.25) is 14.9 Å². The summed E-state index contributed by atoms with van der Waals surface area (Å²) in [4.78, 5) is 34.8. The number of nitro benzene ring substituents is 1. The predicted octanol–water partition coefficient (Wildman–Crippen LogP) is 4.07. The van der Waals surface area contributed by atoms with Gasteiger partial charge < -0.3 is 10.1 Å². The molecule has 7 heteroatoms. The van der Waals surface area contributed by atoms with Crippen LogP contribution in [-0.4, -0.2) is 16.8 Å². The van der Waals surface area contributed by atoms with Crippen LogP contribution in [0.2, 0.25) is 0 Å². The van der Waals surface area contributed by atoms with Crippen molar-refractivity contribution in [3.8, 4) is 5.75 Å². The summed E-state index contributed by atoms with van der Waals surface area (Å²) in [6.07, 6.45) is 0. The maximum absolute atomic E-state index is 12.4. The van der Waals surface area contributed by atoms with Crippen molar-refractivity contribution < 1.29 is 19.2 Å². The van der Waals surface area contributed by atoms with E-state index in [2.05, 4.69) is 5.32 Å². The van der Waals surface area contributed by atoms with Crippen molar-refractivity contribution in [1.82, 2.24) is 0 Å². The summed E-state index contributed by atoms with van der Waals surface area (Å²) in [6, 6.07) is 20.2. The molecular formula is C20H14N2O5. The van der Waals surface area contributed by atoms with Crippen molar-refractivity contribution in [3.63, 3.8) is 0 Å². The average molecular weight is 362 g/mol. The maximum atomic E-state index is 12.4. The quantitative estimate of drug-likeness (QED) is 0.319. The number of anilines is 1. The number of para-hydroxylation sites is 2. The largest absolute Gasteiger partial charge is 0.421 e. The Balaban J connectivity index is 1.76. The van der Waals surface area contributed by atoms with E-state index in [4.69, 9.17) is 4.74 Å². The fraction of sp³-hybridized carbons (Fsp3) is 0. The highest BCUT2D eigenvalue weighted by Crippen LogP contribution is 2.25. The first kappa shape index (κ1) is 17.8. The molecule has 1 N–H and O–H groups in total. The van der Waals surface area contributed by atoms with Gasteiger partial charge in [0.2, 0.25) is 0 Å². The number of esters is 1. The summed E-state index contributed by atoms with van der Waals surface area (Å²) < 4.78 is 5.38. The van der Waals surface area contributed by atoms with Gasteiger partial charge in [-0.15, -0.1) is 0 Å². The number of nitrogens with zero attached hydrogens (tertiary/aromatic N) is 1. The first-order chi connectivity index (χ1) is 13.0. The number of non-ortho nitro benzene ring substituents is 1. The van der Waals surface area contributed by atoms with E-state index in [9.17, 15) is 19.7 Å². The van der Waals surface area contributed by atoms with Crippen molar-refractivity contribution in [2.45, 2.75) is 0 Å². The minimum Gasteiger partial charge on any atom is -0.421 e. The molecule has 0 aliphatic carbocycles. The van der Waals surface area contributed by atoms with E-state index in [0.29, 0.717) is 11.3 Å². The second-order valence-electron chi connectivity index (χ2n) is 5.51. The molecule has 0 saturated heterocycles. The third-order valence-electron chi connectivity index (χ3n) is 3.69. The van der Waals surface area contributed by atoms with Gasteiger partial charge in [0.15, 0.2) is 5.75 Å². The molecule has 0 saturated carbocycles. The Morgan fingerprint density at radius 3 is 2.11 bits per heavy atom. The number of rotatable bonds is 5. The molecule has 1 amide bonds. The Labute approximate surface area is 154 Å². The number of benzene rings is 3. The van der Waals surface area contributed by atoms with Gasteiger partial charge in [0, 0.05) is 17.7 Å². The lowest BCUT2D eigenvalue weighted by molar-refractivity contribution is -0.384. The average Bonchev–Trinajstić information content (AvgIpc) is 2.70. The van der Waals surface area contributed by atoms with E-state index in [1.54, 1.807) is 54.6 Å². The Bertz CT molecular complexity index is 985. The van der Waals surface area contributed by atoms with E-state index >= 15 is 0 Å². The van der Waals surface area contributed by atoms with Crippen LogP contribution < -0.4 is 10.1 Å². The van der Waals surface area contributed by atoms with E-state index in [-0.39, 0.29) is 17.0 Å². The van der Waals surface area contributed by atoms with E-state index in [0.717, 1.165) is 0 Å². The Morgan fingerprint density at radius 2 is 1.44 bits per heavy atom. The fourth-order valence-electron chi connectivity index (χ4n) is 2.32. The zero-order chi connectivity index (χ0) is 19.2. The number of carbonyl (C=O) groups is 2. The SMILES string of the molecule is O=C(Nc1ccccc1OC(=O)c1ccccc1)c1ccc([N+](=O)[O-])cc1. The normalized spacial score (nSPS) is 10.1. The molecule has 0 fully saturated rings. The number of hydrogen-bond acceptors (Lipinski definition) is 5. The Hall–Kier alpha value is -4.00. The van der Waals surface area contributed by atoms with E-state index in [1.165, 1.54) is 24.3 Å². The molecule has 0 atom stereocenters. The van der Waals surface area contributed by atoms with Crippen molar-refractivity contribution in [1.29, 1.82) is 0 Å². The lowest BCUT2D eigenvalue weighted by Crippen LogP contribution is -2.14. The summed E-state index contributed by atoms with van der Waals surface area (Å²) in [5, 5.41) is 13.3. The van der Waals surface area contributed by atoms with Crippen molar-refractivity contribution in [2.24, 2.45) is 0 Å². The smallest absolute Gasteiger partial charge is 0.343 e. The first-order valence-electron chi connectivity index (χ1n) is 7.96. The number of nitrogens with one attached hydrogen (secondary N) is 1. The van der Waals surface area contributed by atoms with Crippen LogP contribution in [0.4, 0.5) is 11.4 Å². The van der Waals surface area contributed by atoms with Crippen LogP contribution in [0.25, 0.3) is 0 Å². The van der Waals surface area contributed by atoms with Gasteiger partial charge in [-0.25, -0.2) is 4.79 Å². The molecule has 0 aliphatic rings. The van der Waals surface area contributed by atoms with Gasteiger partial charge in [0.1, 0.15) is 0 Å². The summed E-state index contributed by atoms with van der Waals surface area (Å²) in [7, 11) is 0. The lowest BCUT2D eigenvalue weighted by Gasteiger charge is -2.11. The highest BCUT2D eigenvalue weighted by atomic mass is 16.6. The third-order valence-corrected chi connectivity index (χ3v) is 3.69. The number of ether oxygens (including phenoxy) is 1. The molecule has 3 rings (SSSR count). The second-order valence-corrected chi connectivity index (χ2v) is 5.51. The Kier molecular flexibility index (Phi) is 5.22. The van der Waals surface area contributed by atoms with E-state index < -0.39 is 16.8 Å². The molecule has 0 bridgehead atoms. The third kappa shape index (κ3) is 4.35. The van der Waals surface area contributed by atoms with Crippen molar-refractivity contribution in [3.05, 3.63) is 100 Å². The molecule has 3 aromatic rings. The summed E-state index contributed by atoms with van der Waals surface area (Å²) in [5.74, 6) is -0.831. The lowest BCUT2D eigenvalue weighted by atomic mass is 10.2.